The molecule has 3 fully saturated rings. The number of fused-ring (bicyclic) bond motifs is 1. The molecule has 2 saturated heterocycles. The summed E-state index contributed by atoms with van der Waals surface area (Å²) in [6.45, 7) is 2.71. The lowest BCUT2D eigenvalue weighted by Crippen LogP contribution is -2.50. The summed E-state index contributed by atoms with van der Waals surface area (Å²) in [7, 11) is 0. The van der Waals surface area contributed by atoms with Gasteiger partial charge in [-0.2, -0.15) is 13.2 Å². The Balaban J connectivity index is 1.44. The van der Waals surface area contributed by atoms with Gasteiger partial charge < -0.3 is 10.1 Å². The average molecular weight is 444 g/mol. The number of rotatable bonds is 3. The predicted molar refractivity (Wildman–Crippen MR) is 101 cm³/mol. The number of ether oxygens (including phenoxy) is 1. The number of nitrogens with one attached hydrogen (secondary N) is 3. The zero-order valence-corrected chi connectivity index (χ0v) is 16.8. The third-order valence-corrected chi connectivity index (χ3v) is 6.38. The molecule has 1 aromatic rings. The minimum atomic E-state index is -4.75. The van der Waals surface area contributed by atoms with E-state index in [0.29, 0.717) is 18.5 Å². The summed E-state index contributed by atoms with van der Waals surface area (Å²) in [5.74, 6) is -0.410. The van der Waals surface area contributed by atoms with Gasteiger partial charge in [0, 0.05) is 19.1 Å². The quantitative estimate of drug-likeness (QED) is 0.623. The van der Waals surface area contributed by atoms with Crippen molar-refractivity contribution in [2.45, 2.75) is 50.6 Å². The van der Waals surface area contributed by atoms with E-state index in [1.165, 1.54) is 6.92 Å². The molecular weight excluding hydrogens is 420 g/mol. The van der Waals surface area contributed by atoms with Crippen molar-refractivity contribution in [2.24, 2.45) is 11.8 Å². The highest BCUT2D eigenvalue weighted by Gasteiger charge is 2.45. The Bertz CT molecular complexity index is 865. The lowest BCUT2D eigenvalue weighted by atomic mass is 9.78. The van der Waals surface area contributed by atoms with E-state index in [2.05, 4.69) is 16.2 Å². The molecule has 5 atom stereocenters. The lowest BCUT2D eigenvalue weighted by Gasteiger charge is -2.33. The molecule has 1 saturated carbocycles. The molecular formula is C20H24F4N4O3. The van der Waals surface area contributed by atoms with Gasteiger partial charge in [0.1, 0.15) is 11.9 Å². The van der Waals surface area contributed by atoms with E-state index in [-0.39, 0.29) is 17.5 Å². The summed E-state index contributed by atoms with van der Waals surface area (Å²) in [5, 5.41) is 2.75. The fraction of sp³-hybridized carbons (Fsp3) is 0.600. The standard InChI is InChI=1S/C20H24F4N4O3/c1-10-17(13-5-14(20(22,23)24)7-15(21)6-13)31-19(30)28(10)18(29)25-8-11-3-2-4-12-9-26-27-16(11)12/h5-7,10-12,16-17,26-27H,2-4,8-9H2,1H3,(H,25,29)/t10-,11?,12?,16?,17-/m0/s1. The van der Waals surface area contributed by atoms with Crippen LogP contribution < -0.4 is 16.2 Å². The van der Waals surface area contributed by atoms with Crippen molar-refractivity contribution in [1.82, 2.24) is 21.1 Å². The molecule has 3 N–H and O–H groups in total. The van der Waals surface area contributed by atoms with Crippen LogP contribution in [0.4, 0.5) is 27.2 Å². The molecule has 11 heteroatoms. The van der Waals surface area contributed by atoms with Crippen molar-refractivity contribution in [3.8, 4) is 0 Å². The summed E-state index contributed by atoms with van der Waals surface area (Å²) in [6, 6.07) is 0.643. The topological polar surface area (TPSA) is 82.7 Å². The highest BCUT2D eigenvalue weighted by molar-refractivity contribution is 5.92. The van der Waals surface area contributed by atoms with E-state index in [1.807, 2.05) is 0 Å². The zero-order valence-electron chi connectivity index (χ0n) is 16.8. The first kappa shape index (κ1) is 21.8. The van der Waals surface area contributed by atoms with Gasteiger partial charge in [0.25, 0.3) is 0 Å². The summed E-state index contributed by atoms with van der Waals surface area (Å²) < 4.78 is 58.0. The summed E-state index contributed by atoms with van der Waals surface area (Å²) in [4.78, 5) is 25.8. The van der Waals surface area contributed by atoms with E-state index in [9.17, 15) is 27.2 Å². The number of benzene rings is 1. The maximum absolute atomic E-state index is 13.8. The zero-order chi connectivity index (χ0) is 22.3. The maximum Gasteiger partial charge on any atom is 0.419 e. The molecule has 3 aliphatic rings. The second-order valence-corrected chi connectivity index (χ2v) is 8.37. The first-order chi connectivity index (χ1) is 14.6. The third kappa shape index (κ3) is 4.33. The van der Waals surface area contributed by atoms with Gasteiger partial charge in [-0.3, -0.25) is 10.9 Å². The molecule has 2 aliphatic heterocycles. The van der Waals surface area contributed by atoms with Crippen LogP contribution >= 0.6 is 0 Å². The number of carbonyl (C=O) groups is 2. The van der Waals surface area contributed by atoms with Crippen LogP contribution in [0.5, 0.6) is 0 Å². The van der Waals surface area contributed by atoms with Gasteiger partial charge in [0.15, 0.2) is 0 Å². The molecule has 2 heterocycles. The molecule has 4 rings (SSSR count). The second kappa shape index (κ2) is 8.27. The molecule has 1 aromatic carbocycles. The number of cyclic esters (lactones) is 1. The van der Waals surface area contributed by atoms with Crippen molar-refractivity contribution >= 4 is 12.1 Å². The minimum absolute atomic E-state index is 0.153. The molecule has 0 spiro atoms. The molecule has 7 nitrogen and oxygen atoms in total. The Hall–Kier alpha value is -2.40. The van der Waals surface area contributed by atoms with Gasteiger partial charge in [-0.25, -0.2) is 18.9 Å². The number of carbonyl (C=O) groups excluding carboxylic acids is 2. The molecule has 0 aromatic heterocycles. The Labute approximate surface area is 176 Å². The molecule has 31 heavy (non-hydrogen) atoms. The number of urea groups is 1. The first-order valence-corrected chi connectivity index (χ1v) is 10.3. The molecule has 3 amide bonds. The normalized spacial score (nSPS) is 30.8. The van der Waals surface area contributed by atoms with Crippen LogP contribution in [0.2, 0.25) is 0 Å². The van der Waals surface area contributed by atoms with Gasteiger partial charge in [0.2, 0.25) is 0 Å². The van der Waals surface area contributed by atoms with Crippen LogP contribution in [0.1, 0.15) is 43.4 Å². The Morgan fingerprint density at radius 1 is 1.29 bits per heavy atom. The van der Waals surface area contributed by atoms with Crippen LogP contribution in [0.15, 0.2) is 18.2 Å². The van der Waals surface area contributed by atoms with E-state index in [1.54, 1.807) is 0 Å². The lowest BCUT2D eigenvalue weighted by molar-refractivity contribution is -0.137. The fourth-order valence-electron chi connectivity index (χ4n) is 4.81. The molecule has 170 valence electrons. The summed E-state index contributed by atoms with van der Waals surface area (Å²) >= 11 is 0. The SMILES string of the molecule is C[C@H]1[C@@H](c2cc(F)cc(C(F)(F)F)c2)OC(=O)N1C(=O)NCC1CCCC2CNNC21. The molecule has 0 bridgehead atoms. The number of hydrogen-bond acceptors (Lipinski definition) is 5. The van der Waals surface area contributed by atoms with Crippen molar-refractivity contribution in [1.29, 1.82) is 0 Å². The highest BCUT2D eigenvalue weighted by atomic mass is 19.4. The third-order valence-electron chi connectivity index (χ3n) is 6.38. The molecule has 3 unspecified atom stereocenters. The van der Waals surface area contributed by atoms with Crippen LogP contribution in [-0.2, 0) is 10.9 Å². The maximum atomic E-state index is 13.8. The number of imide groups is 1. The van der Waals surface area contributed by atoms with Crippen LogP contribution in [0.3, 0.4) is 0 Å². The number of halogens is 4. The Morgan fingerprint density at radius 3 is 2.81 bits per heavy atom. The summed E-state index contributed by atoms with van der Waals surface area (Å²) in [5.41, 5.74) is 5.04. The minimum Gasteiger partial charge on any atom is -0.439 e. The van der Waals surface area contributed by atoms with Crippen molar-refractivity contribution in [2.75, 3.05) is 13.1 Å². The number of alkyl halides is 3. The van der Waals surface area contributed by atoms with Crippen molar-refractivity contribution in [3.63, 3.8) is 0 Å². The van der Waals surface area contributed by atoms with Crippen LogP contribution in [0, 0.1) is 17.7 Å². The smallest absolute Gasteiger partial charge is 0.419 e. The van der Waals surface area contributed by atoms with Crippen molar-refractivity contribution < 1.29 is 31.9 Å². The number of hydrazine groups is 1. The van der Waals surface area contributed by atoms with Crippen LogP contribution in [0.25, 0.3) is 0 Å². The highest BCUT2D eigenvalue weighted by Crippen LogP contribution is 2.37. The Kier molecular flexibility index (Phi) is 5.82. The monoisotopic (exact) mass is 444 g/mol. The van der Waals surface area contributed by atoms with Gasteiger partial charge in [0.05, 0.1) is 11.6 Å². The fourth-order valence-corrected chi connectivity index (χ4v) is 4.81. The van der Waals surface area contributed by atoms with E-state index in [4.69, 9.17) is 4.74 Å². The van der Waals surface area contributed by atoms with Crippen molar-refractivity contribution in [3.05, 3.63) is 35.1 Å². The predicted octanol–water partition coefficient (Wildman–Crippen LogP) is 3.33. The Morgan fingerprint density at radius 2 is 2.06 bits per heavy atom. The van der Waals surface area contributed by atoms with E-state index < -0.39 is 41.8 Å². The number of amides is 3. The molecule has 1 aliphatic carbocycles. The van der Waals surface area contributed by atoms with Crippen LogP contribution in [-0.4, -0.2) is 42.2 Å². The summed E-state index contributed by atoms with van der Waals surface area (Å²) in [6.07, 6.45) is -3.83. The van der Waals surface area contributed by atoms with Gasteiger partial charge in [-0.05, 0) is 55.4 Å². The molecule has 0 radical (unpaired) electrons. The average Bonchev–Trinajstić information content (AvgIpc) is 3.29. The first-order valence-electron chi connectivity index (χ1n) is 10.3. The number of nitrogens with zero attached hydrogens (tertiary/aromatic N) is 1. The second-order valence-electron chi connectivity index (χ2n) is 8.37. The van der Waals surface area contributed by atoms with Gasteiger partial charge in [-0.1, -0.05) is 6.42 Å². The van der Waals surface area contributed by atoms with Gasteiger partial charge >= 0.3 is 18.3 Å². The number of hydrogen-bond donors (Lipinski definition) is 3. The van der Waals surface area contributed by atoms with E-state index in [0.717, 1.165) is 42.8 Å². The van der Waals surface area contributed by atoms with E-state index >= 15 is 0 Å². The van der Waals surface area contributed by atoms with Gasteiger partial charge in [-0.15, -0.1) is 0 Å². The largest absolute Gasteiger partial charge is 0.439 e.